The summed E-state index contributed by atoms with van der Waals surface area (Å²) < 4.78 is 6.39. The molecule has 0 saturated carbocycles. The fraction of sp³-hybridized carbons (Fsp3) is 0.538. The molecule has 0 radical (unpaired) electrons. The Labute approximate surface area is 190 Å². The van der Waals surface area contributed by atoms with Crippen molar-refractivity contribution in [3.63, 3.8) is 0 Å². The van der Waals surface area contributed by atoms with Crippen LogP contribution in [0, 0.1) is 10.1 Å². The van der Waals surface area contributed by atoms with E-state index in [0.29, 0.717) is 12.6 Å². The van der Waals surface area contributed by atoms with Gasteiger partial charge in [-0.05, 0) is 68.9 Å². The van der Waals surface area contributed by atoms with Crippen molar-refractivity contribution in [3.8, 4) is 5.75 Å². The minimum Gasteiger partial charge on any atom is -0.493 e. The molecule has 0 bridgehead atoms. The number of nitro benzene ring substituents is 1. The number of piperidine rings is 1. The van der Waals surface area contributed by atoms with E-state index in [1.165, 1.54) is 56.3 Å². The lowest BCUT2D eigenvalue weighted by molar-refractivity contribution is -0.384. The molecule has 3 aliphatic rings. The number of fused-ring (bicyclic) bond motifs is 3. The third kappa shape index (κ3) is 4.39. The van der Waals surface area contributed by atoms with Crippen LogP contribution >= 0.6 is 0 Å². The number of non-ortho nitro benzene ring substituents is 1. The monoisotopic (exact) mass is 435 g/mol. The SMILES string of the molecule is O=[N+]([O-])c1cccc([C@@H]2CN3CCC[C@@H]3c3cccc(OCCCN4CCCCC4)c32)c1. The standard InChI is InChI=1S/C26H33N3O3/c30-29(31)21-9-4-8-20(18-21)23-19-28-16-6-11-24(28)22-10-5-12-25(26(22)23)32-17-7-15-27-13-2-1-3-14-27/h4-5,8-10,12,18,23-24H,1-3,6-7,11,13-17,19H2/t23-,24+/m0/s1. The van der Waals surface area contributed by atoms with Gasteiger partial charge in [0.25, 0.3) is 5.69 Å². The average molecular weight is 436 g/mol. The molecule has 0 aliphatic carbocycles. The fourth-order valence-electron chi connectivity index (χ4n) is 5.85. The van der Waals surface area contributed by atoms with E-state index in [9.17, 15) is 10.1 Å². The maximum absolute atomic E-state index is 11.4. The summed E-state index contributed by atoms with van der Waals surface area (Å²) in [6, 6.07) is 14.1. The van der Waals surface area contributed by atoms with Gasteiger partial charge in [-0.15, -0.1) is 0 Å². The number of benzene rings is 2. The molecule has 6 nitrogen and oxygen atoms in total. The summed E-state index contributed by atoms with van der Waals surface area (Å²) in [6.45, 7) is 6.23. The van der Waals surface area contributed by atoms with Gasteiger partial charge in [0.15, 0.2) is 0 Å². The van der Waals surface area contributed by atoms with E-state index in [1.807, 2.05) is 12.1 Å². The highest BCUT2D eigenvalue weighted by Crippen LogP contribution is 2.47. The number of nitro groups is 1. The molecule has 0 spiro atoms. The Bertz CT molecular complexity index is 957. The summed E-state index contributed by atoms with van der Waals surface area (Å²) >= 11 is 0. The maximum atomic E-state index is 11.4. The minimum atomic E-state index is -0.297. The molecule has 2 saturated heterocycles. The van der Waals surface area contributed by atoms with Crippen molar-refractivity contribution in [1.29, 1.82) is 0 Å². The van der Waals surface area contributed by atoms with E-state index in [0.717, 1.165) is 37.4 Å². The molecule has 3 aliphatic heterocycles. The van der Waals surface area contributed by atoms with Crippen LogP contribution in [0.25, 0.3) is 0 Å². The number of nitrogens with zero attached hydrogens (tertiary/aromatic N) is 3. The van der Waals surface area contributed by atoms with Crippen LogP contribution < -0.4 is 4.74 Å². The van der Waals surface area contributed by atoms with E-state index < -0.39 is 0 Å². The van der Waals surface area contributed by atoms with Crippen LogP contribution in [0.1, 0.15) is 67.2 Å². The van der Waals surface area contributed by atoms with Crippen molar-refractivity contribution in [2.75, 3.05) is 39.3 Å². The first-order valence-corrected chi connectivity index (χ1v) is 12.2. The summed E-state index contributed by atoms with van der Waals surface area (Å²) in [6.07, 6.45) is 7.40. The normalized spacial score (nSPS) is 23.5. The van der Waals surface area contributed by atoms with Crippen LogP contribution in [0.3, 0.4) is 0 Å². The molecular formula is C26H33N3O3. The molecule has 0 aromatic heterocycles. The van der Waals surface area contributed by atoms with Gasteiger partial charge < -0.3 is 9.64 Å². The Balaban J connectivity index is 1.39. The molecule has 0 N–H and O–H groups in total. The van der Waals surface area contributed by atoms with E-state index in [2.05, 4.69) is 28.0 Å². The molecule has 5 rings (SSSR count). The average Bonchev–Trinajstić information content (AvgIpc) is 3.31. The van der Waals surface area contributed by atoms with Gasteiger partial charge >= 0.3 is 0 Å². The molecule has 170 valence electrons. The summed E-state index contributed by atoms with van der Waals surface area (Å²) in [5.41, 5.74) is 3.76. The van der Waals surface area contributed by atoms with Crippen molar-refractivity contribution in [1.82, 2.24) is 9.80 Å². The molecule has 2 fully saturated rings. The third-order valence-electron chi connectivity index (χ3n) is 7.40. The van der Waals surface area contributed by atoms with Crippen molar-refractivity contribution >= 4 is 5.69 Å². The summed E-state index contributed by atoms with van der Waals surface area (Å²) in [5, 5.41) is 11.4. The predicted molar refractivity (Wildman–Crippen MR) is 125 cm³/mol. The summed E-state index contributed by atoms with van der Waals surface area (Å²) in [7, 11) is 0. The molecule has 32 heavy (non-hydrogen) atoms. The smallest absolute Gasteiger partial charge is 0.269 e. The zero-order valence-corrected chi connectivity index (χ0v) is 18.7. The van der Waals surface area contributed by atoms with Crippen LogP contribution in [0.4, 0.5) is 5.69 Å². The molecule has 0 amide bonds. The van der Waals surface area contributed by atoms with Crippen LogP contribution in [0.5, 0.6) is 5.75 Å². The second-order valence-corrected chi connectivity index (χ2v) is 9.42. The largest absolute Gasteiger partial charge is 0.493 e. The Hall–Kier alpha value is -2.44. The zero-order chi connectivity index (χ0) is 21.9. The van der Waals surface area contributed by atoms with Gasteiger partial charge in [-0.2, -0.15) is 0 Å². The van der Waals surface area contributed by atoms with Gasteiger partial charge in [0, 0.05) is 42.7 Å². The lowest BCUT2D eigenvalue weighted by Gasteiger charge is -2.38. The van der Waals surface area contributed by atoms with Gasteiger partial charge in [-0.3, -0.25) is 15.0 Å². The summed E-state index contributed by atoms with van der Waals surface area (Å²) in [4.78, 5) is 16.2. The predicted octanol–water partition coefficient (Wildman–Crippen LogP) is 5.13. The Morgan fingerprint density at radius 1 is 1.03 bits per heavy atom. The number of hydrogen-bond acceptors (Lipinski definition) is 5. The van der Waals surface area contributed by atoms with Crippen LogP contribution in [-0.4, -0.2) is 54.1 Å². The number of ether oxygens (including phenoxy) is 1. The van der Waals surface area contributed by atoms with E-state index >= 15 is 0 Å². The van der Waals surface area contributed by atoms with Crippen molar-refractivity contribution in [2.45, 2.75) is 50.5 Å². The molecule has 2 aromatic carbocycles. The van der Waals surface area contributed by atoms with Crippen molar-refractivity contribution in [2.24, 2.45) is 0 Å². The lowest BCUT2D eigenvalue weighted by atomic mass is 9.81. The van der Waals surface area contributed by atoms with E-state index in [1.54, 1.807) is 12.1 Å². The fourth-order valence-corrected chi connectivity index (χ4v) is 5.85. The van der Waals surface area contributed by atoms with Crippen molar-refractivity contribution in [3.05, 3.63) is 69.3 Å². The van der Waals surface area contributed by atoms with Gasteiger partial charge in [-0.25, -0.2) is 0 Å². The van der Waals surface area contributed by atoms with Crippen LogP contribution in [0.15, 0.2) is 42.5 Å². The van der Waals surface area contributed by atoms with Gasteiger partial charge in [0.2, 0.25) is 0 Å². The Morgan fingerprint density at radius 3 is 2.72 bits per heavy atom. The molecule has 2 aromatic rings. The van der Waals surface area contributed by atoms with Crippen molar-refractivity contribution < 1.29 is 9.66 Å². The first-order valence-electron chi connectivity index (χ1n) is 12.2. The van der Waals surface area contributed by atoms with Gasteiger partial charge in [0.05, 0.1) is 11.5 Å². The van der Waals surface area contributed by atoms with Gasteiger partial charge in [0.1, 0.15) is 5.75 Å². The first-order chi connectivity index (χ1) is 15.7. The second kappa shape index (κ2) is 9.59. The number of likely N-dealkylation sites (tertiary alicyclic amines) is 1. The van der Waals surface area contributed by atoms with Crippen LogP contribution in [0.2, 0.25) is 0 Å². The highest BCUT2D eigenvalue weighted by atomic mass is 16.6. The second-order valence-electron chi connectivity index (χ2n) is 9.42. The quantitative estimate of drug-likeness (QED) is 0.343. The third-order valence-corrected chi connectivity index (χ3v) is 7.40. The van der Waals surface area contributed by atoms with Gasteiger partial charge in [-0.1, -0.05) is 30.7 Å². The van der Waals surface area contributed by atoms with E-state index in [-0.39, 0.29) is 16.5 Å². The molecule has 3 heterocycles. The maximum Gasteiger partial charge on any atom is 0.269 e. The lowest BCUT2D eigenvalue weighted by Crippen LogP contribution is -2.35. The summed E-state index contributed by atoms with van der Waals surface area (Å²) in [5.74, 6) is 1.06. The first kappa shape index (κ1) is 21.4. The van der Waals surface area contributed by atoms with E-state index in [4.69, 9.17) is 4.74 Å². The number of hydrogen-bond donors (Lipinski definition) is 0. The highest BCUT2D eigenvalue weighted by Gasteiger charge is 2.38. The Morgan fingerprint density at radius 2 is 1.88 bits per heavy atom. The molecule has 0 unspecified atom stereocenters. The molecular weight excluding hydrogens is 402 g/mol. The number of rotatable bonds is 7. The molecule has 6 heteroatoms. The minimum absolute atomic E-state index is 0.0949. The highest BCUT2D eigenvalue weighted by molar-refractivity contribution is 5.52. The Kier molecular flexibility index (Phi) is 6.42. The molecule has 2 atom stereocenters. The van der Waals surface area contributed by atoms with Crippen LogP contribution in [-0.2, 0) is 0 Å². The zero-order valence-electron chi connectivity index (χ0n) is 18.7. The topological polar surface area (TPSA) is 58.9 Å².